The number of amides is 3. The third-order valence-electron chi connectivity index (χ3n) is 7.75. The number of carbonyl (C=O) groups excluding carboxylic acids is 2. The third kappa shape index (κ3) is 5.50. The first-order valence-electron chi connectivity index (χ1n) is 13.3. The fraction of sp³-hybridized carbons (Fsp3) is 0.414. The summed E-state index contributed by atoms with van der Waals surface area (Å²) in [7, 11) is 0. The van der Waals surface area contributed by atoms with Crippen molar-refractivity contribution >= 4 is 45.9 Å². The Morgan fingerprint density at radius 3 is 2.53 bits per heavy atom. The summed E-state index contributed by atoms with van der Waals surface area (Å²) in [5.41, 5.74) is 11.4. The molecule has 38 heavy (non-hydrogen) atoms. The summed E-state index contributed by atoms with van der Waals surface area (Å²) in [5, 5.41) is 4.65. The first kappa shape index (κ1) is 26.1. The fourth-order valence-electron chi connectivity index (χ4n) is 5.54. The standard InChI is InChI=1S/C29H35ClN6O2/c1-19-6-5-7-20(2)23(19)18-36-11-4-3-8-24(28(36)37)33-29(38)35-14-12-34(13-15-35)26-17-27(31)32-25-16-21(30)9-10-22(25)26/h5-7,9-10,16-17,24H,3-4,8,11-15,18H2,1-2H3,(H2,31,32)(H,33,38)/t24-/m0/s1. The Morgan fingerprint density at radius 2 is 1.79 bits per heavy atom. The van der Waals surface area contributed by atoms with Gasteiger partial charge in [0.2, 0.25) is 5.91 Å². The second-order valence-corrected chi connectivity index (χ2v) is 10.8. The van der Waals surface area contributed by atoms with Gasteiger partial charge in [-0.3, -0.25) is 4.79 Å². The number of anilines is 2. The predicted octanol–water partition coefficient (Wildman–Crippen LogP) is 4.50. The number of nitrogens with two attached hydrogens (primary N) is 1. The second kappa shape index (κ2) is 11.1. The van der Waals surface area contributed by atoms with Crippen LogP contribution in [0.5, 0.6) is 0 Å². The van der Waals surface area contributed by atoms with Gasteiger partial charge in [0.1, 0.15) is 11.9 Å². The van der Waals surface area contributed by atoms with E-state index in [-0.39, 0.29) is 11.9 Å². The summed E-state index contributed by atoms with van der Waals surface area (Å²) in [4.78, 5) is 37.0. The number of nitrogens with zero attached hydrogens (tertiary/aromatic N) is 4. The number of pyridine rings is 1. The highest BCUT2D eigenvalue weighted by Crippen LogP contribution is 2.30. The summed E-state index contributed by atoms with van der Waals surface area (Å²) < 4.78 is 0. The Kier molecular flexibility index (Phi) is 7.61. The number of urea groups is 1. The molecule has 1 aromatic heterocycles. The summed E-state index contributed by atoms with van der Waals surface area (Å²) in [6.45, 7) is 7.89. The van der Waals surface area contributed by atoms with Gasteiger partial charge >= 0.3 is 6.03 Å². The SMILES string of the molecule is Cc1cccc(C)c1CN1CCCC[C@H](NC(=O)N2CCN(c3cc(N)nc4cc(Cl)ccc34)CC2)C1=O. The average molecular weight is 535 g/mol. The molecular formula is C29H35ClN6O2. The molecular weight excluding hydrogens is 500 g/mol. The monoisotopic (exact) mass is 534 g/mol. The molecule has 0 saturated carbocycles. The van der Waals surface area contributed by atoms with Crippen LogP contribution in [0.4, 0.5) is 16.3 Å². The quantitative estimate of drug-likeness (QED) is 0.514. The molecule has 2 aliphatic rings. The maximum absolute atomic E-state index is 13.5. The summed E-state index contributed by atoms with van der Waals surface area (Å²) in [6, 6.07) is 13.0. The highest BCUT2D eigenvalue weighted by Gasteiger charge is 2.31. The average Bonchev–Trinajstić information content (AvgIpc) is 3.06. The Hall–Kier alpha value is -3.52. The van der Waals surface area contributed by atoms with Crippen molar-refractivity contribution in [2.75, 3.05) is 43.4 Å². The van der Waals surface area contributed by atoms with E-state index in [2.05, 4.69) is 41.2 Å². The van der Waals surface area contributed by atoms with Gasteiger partial charge < -0.3 is 25.8 Å². The summed E-state index contributed by atoms with van der Waals surface area (Å²) in [6.07, 6.45) is 2.52. The van der Waals surface area contributed by atoms with Crippen LogP contribution in [-0.4, -0.2) is 65.5 Å². The number of aromatic nitrogens is 1. The lowest BCUT2D eigenvalue weighted by Gasteiger charge is -2.37. The zero-order valence-electron chi connectivity index (χ0n) is 22.0. The minimum atomic E-state index is -0.499. The van der Waals surface area contributed by atoms with E-state index < -0.39 is 6.04 Å². The van der Waals surface area contributed by atoms with Gasteiger partial charge in [-0.05, 0) is 68.0 Å². The summed E-state index contributed by atoms with van der Waals surface area (Å²) >= 11 is 6.15. The van der Waals surface area contributed by atoms with Gasteiger partial charge in [-0.15, -0.1) is 0 Å². The number of rotatable bonds is 4. The molecule has 0 unspecified atom stereocenters. The number of aryl methyl sites for hydroxylation is 2. The van der Waals surface area contributed by atoms with Crippen LogP contribution in [0.1, 0.15) is 36.0 Å². The van der Waals surface area contributed by atoms with E-state index in [4.69, 9.17) is 17.3 Å². The highest BCUT2D eigenvalue weighted by atomic mass is 35.5. The van der Waals surface area contributed by atoms with Crippen LogP contribution in [0.2, 0.25) is 5.02 Å². The van der Waals surface area contributed by atoms with Crippen LogP contribution in [0.25, 0.3) is 10.9 Å². The van der Waals surface area contributed by atoms with E-state index >= 15 is 0 Å². The molecule has 2 saturated heterocycles. The van der Waals surface area contributed by atoms with Crippen molar-refractivity contribution in [2.24, 2.45) is 0 Å². The van der Waals surface area contributed by atoms with Crippen LogP contribution in [0.15, 0.2) is 42.5 Å². The Morgan fingerprint density at radius 1 is 1.05 bits per heavy atom. The number of likely N-dealkylation sites (tertiary alicyclic amines) is 1. The number of hydrogen-bond donors (Lipinski definition) is 2. The molecule has 5 rings (SSSR count). The third-order valence-corrected chi connectivity index (χ3v) is 7.98. The Balaban J connectivity index is 1.23. The molecule has 3 heterocycles. The van der Waals surface area contributed by atoms with E-state index in [1.54, 1.807) is 4.90 Å². The van der Waals surface area contributed by atoms with Crippen molar-refractivity contribution in [3.05, 3.63) is 64.2 Å². The first-order valence-corrected chi connectivity index (χ1v) is 13.7. The second-order valence-electron chi connectivity index (χ2n) is 10.3. The molecule has 9 heteroatoms. The van der Waals surface area contributed by atoms with Crippen molar-refractivity contribution in [3.8, 4) is 0 Å². The van der Waals surface area contributed by atoms with Gasteiger partial charge in [0.05, 0.1) is 5.52 Å². The van der Waals surface area contributed by atoms with Gasteiger partial charge in [0, 0.05) is 61.4 Å². The molecule has 2 aliphatic heterocycles. The molecule has 8 nitrogen and oxygen atoms in total. The lowest BCUT2D eigenvalue weighted by molar-refractivity contribution is -0.133. The molecule has 0 bridgehead atoms. The van der Waals surface area contributed by atoms with Gasteiger partial charge in [0.15, 0.2) is 0 Å². The van der Waals surface area contributed by atoms with Gasteiger partial charge in [-0.2, -0.15) is 0 Å². The number of nitrogens with one attached hydrogen (secondary N) is 1. The zero-order valence-corrected chi connectivity index (χ0v) is 22.8. The van der Waals surface area contributed by atoms with Gasteiger partial charge in [0.25, 0.3) is 0 Å². The van der Waals surface area contributed by atoms with E-state index in [1.807, 2.05) is 35.2 Å². The number of benzene rings is 2. The number of fused-ring (bicyclic) bond motifs is 1. The van der Waals surface area contributed by atoms with E-state index in [9.17, 15) is 9.59 Å². The van der Waals surface area contributed by atoms with E-state index in [0.29, 0.717) is 56.5 Å². The molecule has 2 aromatic carbocycles. The highest BCUT2D eigenvalue weighted by molar-refractivity contribution is 6.31. The van der Waals surface area contributed by atoms with Crippen LogP contribution < -0.4 is 16.0 Å². The maximum Gasteiger partial charge on any atom is 0.318 e. The number of hydrogen-bond acceptors (Lipinski definition) is 5. The Bertz CT molecular complexity index is 1330. The molecule has 0 aliphatic carbocycles. The molecule has 0 spiro atoms. The largest absolute Gasteiger partial charge is 0.384 e. The minimum Gasteiger partial charge on any atom is -0.384 e. The molecule has 0 radical (unpaired) electrons. The number of nitrogen functional groups attached to an aromatic ring is 1. The van der Waals surface area contributed by atoms with Crippen LogP contribution in [0, 0.1) is 13.8 Å². The van der Waals surface area contributed by atoms with Crippen molar-refractivity contribution in [1.82, 2.24) is 20.1 Å². The smallest absolute Gasteiger partial charge is 0.318 e. The molecule has 3 aromatic rings. The number of halogens is 1. The molecule has 3 N–H and O–H groups in total. The van der Waals surface area contributed by atoms with E-state index in [0.717, 1.165) is 29.4 Å². The lowest BCUT2D eigenvalue weighted by Crippen LogP contribution is -2.56. The number of carbonyl (C=O) groups is 2. The maximum atomic E-state index is 13.5. The molecule has 200 valence electrons. The topological polar surface area (TPSA) is 94.8 Å². The van der Waals surface area contributed by atoms with Gasteiger partial charge in [-0.1, -0.05) is 29.8 Å². The summed E-state index contributed by atoms with van der Waals surface area (Å²) in [5.74, 6) is 0.446. The van der Waals surface area contributed by atoms with Gasteiger partial charge in [-0.25, -0.2) is 9.78 Å². The lowest BCUT2D eigenvalue weighted by atomic mass is 10.0. The normalized spacial score (nSPS) is 18.6. The van der Waals surface area contributed by atoms with Crippen molar-refractivity contribution in [2.45, 2.75) is 45.7 Å². The van der Waals surface area contributed by atoms with E-state index in [1.165, 1.54) is 16.7 Å². The fourth-order valence-corrected chi connectivity index (χ4v) is 5.71. The van der Waals surface area contributed by atoms with Crippen molar-refractivity contribution in [1.29, 1.82) is 0 Å². The first-order chi connectivity index (χ1) is 18.3. The predicted molar refractivity (Wildman–Crippen MR) is 152 cm³/mol. The van der Waals surface area contributed by atoms with Crippen molar-refractivity contribution < 1.29 is 9.59 Å². The van der Waals surface area contributed by atoms with Crippen LogP contribution >= 0.6 is 11.6 Å². The molecule has 2 fully saturated rings. The zero-order chi connectivity index (χ0) is 26.8. The number of piperazine rings is 1. The molecule has 1 atom stereocenters. The van der Waals surface area contributed by atoms with Crippen LogP contribution in [-0.2, 0) is 11.3 Å². The van der Waals surface area contributed by atoms with Crippen molar-refractivity contribution in [3.63, 3.8) is 0 Å². The molecule has 3 amide bonds. The Labute approximate surface area is 228 Å². The minimum absolute atomic E-state index is 0.00882. The van der Waals surface area contributed by atoms with Crippen LogP contribution in [0.3, 0.4) is 0 Å².